The number of aliphatic hydroxyl groups excluding tert-OH is 1. The largest absolute Gasteiger partial charge is 0.547 e. The molecule has 0 heterocycles. The van der Waals surface area contributed by atoms with Gasteiger partial charge in [-0.25, -0.2) is 0 Å². The van der Waals surface area contributed by atoms with Gasteiger partial charge < -0.3 is 15.0 Å². The van der Waals surface area contributed by atoms with Gasteiger partial charge in [-0.05, 0) is 25.0 Å². The van der Waals surface area contributed by atoms with Crippen LogP contribution >= 0.6 is 0 Å². The van der Waals surface area contributed by atoms with Gasteiger partial charge >= 0.3 is 0 Å². The first-order valence-electron chi connectivity index (χ1n) is 9.48. The van der Waals surface area contributed by atoms with E-state index in [0.29, 0.717) is 0 Å². The number of aliphatic hydroxyl groups is 1. The van der Waals surface area contributed by atoms with E-state index in [1.165, 1.54) is 16.7 Å². The lowest BCUT2D eigenvalue weighted by molar-refractivity contribution is -0.404. The molecule has 3 aromatic rings. The van der Waals surface area contributed by atoms with Crippen molar-refractivity contribution in [3.63, 3.8) is 0 Å². The Hall–Kier alpha value is -2.89. The highest BCUT2D eigenvalue weighted by Gasteiger charge is 2.24. The van der Waals surface area contributed by atoms with Gasteiger partial charge in [-0.15, -0.1) is 3.95 Å². The molecule has 0 saturated carbocycles. The average Bonchev–Trinajstić information content (AvgIpc) is 2.75. The highest BCUT2D eigenvalue weighted by Crippen LogP contribution is 2.36. The van der Waals surface area contributed by atoms with Crippen molar-refractivity contribution in [2.75, 3.05) is 6.54 Å². The first-order valence-corrected chi connectivity index (χ1v) is 9.84. The van der Waals surface area contributed by atoms with Crippen LogP contribution in [0.5, 0.6) is 0 Å². The van der Waals surface area contributed by atoms with E-state index in [0.717, 1.165) is 19.2 Å². The van der Waals surface area contributed by atoms with E-state index in [2.05, 4.69) is 91.9 Å². The number of carboxylic acid groups (broad SMARTS) is 1. The molecule has 1 atom stereocenters. The van der Waals surface area contributed by atoms with E-state index >= 15 is 0 Å². The summed E-state index contributed by atoms with van der Waals surface area (Å²) in [6, 6.07) is 29.7. The van der Waals surface area contributed by atoms with E-state index in [-0.39, 0.29) is 5.92 Å². The van der Waals surface area contributed by atoms with Gasteiger partial charge in [0.1, 0.15) is 0 Å². The fourth-order valence-electron chi connectivity index (χ4n) is 2.97. The molecule has 0 radical (unpaired) electrons. The number of hydrogen-bond acceptors (Lipinski definition) is 4. The number of rotatable bonds is 6. The summed E-state index contributed by atoms with van der Waals surface area (Å²) < 4.78 is 1.90. The Balaban J connectivity index is 0.000000438. The fourth-order valence-corrected chi connectivity index (χ4v) is 3.14. The van der Waals surface area contributed by atoms with Crippen molar-refractivity contribution in [1.82, 2.24) is 0 Å². The van der Waals surface area contributed by atoms with Crippen LogP contribution in [0, 0.1) is 0 Å². The van der Waals surface area contributed by atoms with Crippen LogP contribution in [-0.4, -0.2) is 27.7 Å². The molecule has 0 spiro atoms. The minimum Gasteiger partial charge on any atom is -0.547 e. The molecule has 0 aromatic heterocycles. The number of carbonyl (C=O) groups excluding carboxylic acids is 1. The van der Waals surface area contributed by atoms with Crippen molar-refractivity contribution in [2.24, 2.45) is 0 Å². The monoisotopic (exact) mass is 407 g/mol. The SMILES string of the molecule is CC(O)C(=O)[O-].CC[N+](=S)c1ccccc1C(c1ccccc1)c1ccccc1. The van der Waals surface area contributed by atoms with Crippen LogP contribution in [0.3, 0.4) is 0 Å². The number of benzene rings is 3. The maximum Gasteiger partial charge on any atom is 0.270 e. The third-order valence-electron chi connectivity index (χ3n) is 4.41. The minimum absolute atomic E-state index is 0.186. The van der Waals surface area contributed by atoms with Crippen LogP contribution < -0.4 is 5.11 Å². The highest BCUT2D eigenvalue weighted by molar-refractivity contribution is 7.44. The van der Waals surface area contributed by atoms with Gasteiger partial charge in [-0.3, -0.25) is 0 Å². The first kappa shape index (κ1) is 22.4. The maximum absolute atomic E-state index is 9.34. The summed E-state index contributed by atoms with van der Waals surface area (Å²) in [7, 11) is 0. The maximum atomic E-state index is 9.34. The van der Waals surface area contributed by atoms with Crippen LogP contribution in [0.15, 0.2) is 84.9 Å². The van der Waals surface area contributed by atoms with Gasteiger partial charge in [0.25, 0.3) is 12.4 Å². The molecule has 29 heavy (non-hydrogen) atoms. The standard InChI is InChI=1S/C21H20NS.C3H6O3/c1-2-22(23)20-16-10-9-15-19(20)21(17-11-5-3-6-12-17)18-13-7-4-8-14-18;1-2(4)3(5)6/h3-16,21H,2H2,1H3;2,4H,1H3,(H,5,6)/q+1;/p-1. The molecular weight excluding hydrogens is 382 g/mol. The third kappa shape index (κ3) is 6.31. The Morgan fingerprint density at radius 2 is 1.34 bits per heavy atom. The van der Waals surface area contributed by atoms with Crippen molar-refractivity contribution < 1.29 is 19.0 Å². The lowest BCUT2D eigenvalue weighted by Gasteiger charge is -2.19. The summed E-state index contributed by atoms with van der Waals surface area (Å²) in [6.45, 7) is 4.03. The zero-order chi connectivity index (χ0) is 21.2. The molecule has 0 amide bonds. The van der Waals surface area contributed by atoms with Gasteiger partial charge in [0.2, 0.25) is 5.69 Å². The predicted octanol–water partition coefficient (Wildman–Crippen LogP) is 3.38. The second-order valence-electron chi connectivity index (χ2n) is 6.50. The topological polar surface area (TPSA) is 63.4 Å². The Bertz CT molecular complexity index is 888. The molecule has 5 heteroatoms. The highest BCUT2D eigenvalue weighted by atomic mass is 32.1. The summed E-state index contributed by atoms with van der Waals surface area (Å²) in [6.07, 6.45) is -1.34. The van der Waals surface area contributed by atoms with Crippen molar-refractivity contribution in [3.8, 4) is 0 Å². The molecule has 1 unspecified atom stereocenters. The molecule has 1 N–H and O–H groups in total. The van der Waals surface area contributed by atoms with E-state index in [9.17, 15) is 9.90 Å². The summed E-state index contributed by atoms with van der Waals surface area (Å²) in [5.74, 6) is -1.25. The molecule has 0 saturated heterocycles. The second kappa shape index (κ2) is 11.2. The summed E-state index contributed by atoms with van der Waals surface area (Å²) >= 11 is 5.55. The zero-order valence-corrected chi connectivity index (χ0v) is 17.4. The van der Waals surface area contributed by atoms with E-state index in [4.69, 9.17) is 17.5 Å². The number of carboxylic acids is 1. The van der Waals surface area contributed by atoms with E-state index in [1.54, 1.807) is 0 Å². The van der Waals surface area contributed by atoms with Crippen LogP contribution in [-0.2, 0) is 17.2 Å². The van der Waals surface area contributed by atoms with Crippen molar-refractivity contribution in [3.05, 3.63) is 102 Å². The molecule has 0 fully saturated rings. The normalized spacial score (nSPS) is 11.3. The molecule has 0 aliphatic rings. The van der Waals surface area contributed by atoms with Crippen LogP contribution in [0.2, 0.25) is 0 Å². The lowest BCUT2D eigenvalue weighted by Crippen LogP contribution is -2.32. The lowest BCUT2D eigenvalue weighted by atomic mass is 9.84. The summed E-state index contributed by atoms with van der Waals surface area (Å²) in [5, 5.41) is 17.3. The molecular formula is C24H25NO3S. The molecule has 0 bridgehead atoms. The van der Waals surface area contributed by atoms with Gasteiger partial charge in [-0.1, -0.05) is 78.9 Å². The predicted molar refractivity (Wildman–Crippen MR) is 115 cm³/mol. The Morgan fingerprint density at radius 3 is 1.76 bits per heavy atom. The molecule has 3 rings (SSSR count). The first-order chi connectivity index (χ1) is 14.0. The average molecular weight is 408 g/mol. The van der Waals surface area contributed by atoms with Gasteiger partial charge in [0.05, 0.1) is 12.1 Å². The fraction of sp³-hybridized carbons (Fsp3) is 0.208. The number of hydrogen-bond donors (Lipinski definition) is 1. The van der Waals surface area contributed by atoms with Crippen LogP contribution in [0.1, 0.15) is 36.5 Å². The number of para-hydroxylation sites is 1. The van der Waals surface area contributed by atoms with Crippen molar-refractivity contribution in [2.45, 2.75) is 25.9 Å². The van der Waals surface area contributed by atoms with Gasteiger partial charge in [0.15, 0.2) is 6.54 Å². The third-order valence-corrected chi connectivity index (χ3v) is 4.87. The molecule has 150 valence electrons. The van der Waals surface area contributed by atoms with Crippen LogP contribution in [0.4, 0.5) is 5.69 Å². The number of nitrogens with zero attached hydrogens (tertiary/aromatic N) is 1. The Morgan fingerprint density at radius 1 is 0.931 bits per heavy atom. The molecule has 0 aliphatic carbocycles. The molecule has 4 nitrogen and oxygen atoms in total. The van der Waals surface area contributed by atoms with Gasteiger partial charge in [-0.2, -0.15) is 0 Å². The van der Waals surface area contributed by atoms with Crippen molar-refractivity contribution >= 4 is 24.1 Å². The van der Waals surface area contributed by atoms with Crippen LogP contribution in [0.25, 0.3) is 0 Å². The molecule has 0 aliphatic heterocycles. The quantitative estimate of drug-likeness (QED) is 0.503. The van der Waals surface area contributed by atoms with E-state index < -0.39 is 12.1 Å². The van der Waals surface area contributed by atoms with E-state index in [1.807, 2.05) is 3.95 Å². The van der Waals surface area contributed by atoms with Crippen molar-refractivity contribution in [1.29, 1.82) is 0 Å². The second-order valence-corrected chi connectivity index (χ2v) is 6.94. The Labute approximate surface area is 177 Å². The Kier molecular flexibility index (Phi) is 8.65. The summed E-state index contributed by atoms with van der Waals surface area (Å²) in [4.78, 5) is 9.34. The molecule has 3 aromatic carbocycles. The smallest absolute Gasteiger partial charge is 0.270 e. The number of carbonyl (C=O) groups is 1. The zero-order valence-electron chi connectivity index (χ0n) is 16.6. The van der Waals surface area contributed by atoms with Gasteiger partial charge in [0, 0.05) is 17.5 Å². The minimum atomic E-state index is -1.44. The summed E-state index contributed by atoms with van der Waals surface area (Å²) in [5.41, 5.74) is 4.93. The number of aliphatic carboxylic acids is 1.